The Morgan fingerprint density at radius 2 is 1.82 bits per heavy atom. The van der Waals surface area contributed by atoms with Crippen LogP contribution in [0.3, 0.4) is 0 Å². The van der Waals surface area contributed by atoms with E-state index in [0.717, 1.165) is 5.56 Å². The lowest BCUT2D eigenvalue weighted by Gasteiger charge is -2.19. The predicted octanol–water partition coefficient (Wildman–Crippen LogP) is 5.36. The van der Waals surface area contributed by atoms with Gasteiger partial charge in [0.05, 0.1) is 11.5 Å². The number of ether oxygens (including phenoxy) is 1. The zero-order valence-corrected chi connectivity index (χ0v) is 19.9. The van der Waals surface area contributed by atoms with Gasteiger partial charge in [0.2, 0.25) is 0 Å². The SMILES string of the molecule is Cc1nc(-c2ccccc2OC(=O)C(C)C)n(CCc2cccc(F)c2)c(=O)c1CC(C)C. The lowest BCUT2D eigenvalue weighted by molar-refractivity contribution is -0.137. The maximum atomic E-state index is 13.7. The Hall–Kier alpha value is -3.28. The van der Waals surface area contributed by atoms with Crippen molar-refractivity contribution in [2.24, 2.45) is 11.8 Å². The van der Waals surface area contributed by atoms with Crippen molar-refractivity contribution in [3.05, 3.63) is 81.5 Å². The Morgan fingerprint density at radius 3 is 2.48 bits per heavy atom. The summed E-state index contributed by atoms with van der Waals surface area (Å²) in [4.78, 5) is 30.7. The summed E-state index contributed by atoms with van der Waals surface area (Å²) in [6.07, 6.45) is 1.08. The molecule has 3 aromatic rings. The maximum Gasteiger partial charge on any atom is 0.313 e. The molecule has 0 saturated heterocycles. The Bertz CT molecular complexity index is 1200. The molecule has 0 unspecified atom stereocenters. The van der Waals surface area contributed by atoms with Crippen molar-refractivity contribution in [3.8, 4) is 17.1 Å². The van der Waals surface area contributed by atoms with Crippen molar-refractivity contribution in [1.29, 1.82) is 0 Å². The third-order valence-electron chi connectivity index (χ3n) is 5.40. The molecular formula is C27H31FN2O3. The fraction of sp³-hybridized carbons (Fsp3) is 0.370. The molecule has 6 heteroatoms. The van der Waals surface area contributed by atoms with Gasteiger partial charge < -0.3 is 4.74 Å². The largest absolute Gasteiger partial charge is 0.426 e. The molecule has 0 saturated carbocycles. The quantitative estimate of drug-likeness (QED) is 0.342. The van der Waals surface area contributed by atoms with Crippen LogP contribution in [0.1, 0.15) is 44.5 Å². The van der Waals surface area contributed by atoms with Crippen molar-refractivity contribution in [1.82, 2.24) is 9.55 Å². The van der Waals surface area contributed by atoms with E-state index in [4.69, 9.17) is 9.72 Å². The van der Waals surface area contributed by atoms with Crippen LogP contribution in [-0.4, -0.2) is 15.5 Å². The molecule has 5 nitrogen and oxygen atoms in total. The third-order valence-corrected chi connectivity index (χ3v) is 5.40. The van der Waals surface area contributed by atoms with Crippen molar-refractivity contribution >= 4 is 5.97 Å². The van der Waals surface area contributed by atoms with Gasteiger partial charge in [-0.3, -0.25) is 14.2 Å². The molecule has 174 valence electrons. The minimum Gasteiger partial charge on any atom is -0.426 e. The van der Waals surface area contributed by atoms with Crippen molar-refractivity contribution in [3.63, 3.8) is 0 Å². The highest BCUT2D eigenvalue weighted by molar-refractivity contribution is 5.77. The number of nitrogens with zero attached hydrogens (tertiary/aromatic N) is 2. The molecule has 0 aliphatic carbocycles. The molecule has 3 rings (SSSR count). The first kappa shape index (κ1) is 24.4. The second-order valence-electron chi connectivity index (χ2n) is 9.01. The van der Waals surface area contributed by atoms with Gasteiger partial charge in [0.15, 0.2) is 0 Å². The van der Waals surface area contributed by atoms with Crippen molar-refractivity contribution < 1.29 is 13.9 Å². The number of esters is 1. The standard InChI is InChI=1S/C27H31FN2O3/c1-17(2)15-23-19(5)29-25(22-11-6-7-12-24(22)33-27(32)18(3)4)30(26(23)31)14-13-20-9-8-10-21(28)16-20/h6-12,16-18H,13-15H2,1-5H3. The Labute approximate surface area is 194 Å². The van der Waals surface area contributed by atoms with Gasteiger partial charge in [0.1, 0.15) is 17.4 Å². The van der Waals surface area contributed by atoms with Gasteiger partial charge in [0, 0.05) is 17.8 Å². The Balaban J connectivity index is 2.13. The number of para-hydroxylation sites is 1. The highest BCUT2D eigenvalue weighted by Gasteiger charge is 2.20. The first-order valence-corrected chi connectivity index (χ1v) is 11.3. The highest BCUT2D eigenvalue weighted by atomic mass is 19.1. The maximum absolute atomic E-state index is 13.7. The van der Waals surface area contributed by atoms with Crippen LogP contribution in [-0.2, 0) is 24.2 Å². The van der Waals surface area contributed by atoms with Crippen LogP contribution in [0.5, 0.6) is 5.75 Å². The average molecular weight is 451 g/mol. The van der Waals surface area contributed by atoms with Crippen LogP contribution in [0, 0.1) is 24.6 Å². The topological polar surface area (TPSA) is 61.2 Å². The lowest BCUT2D eigenvalue weighted by Crippen LogP contribution is -2.30. The van der Waals surface area contributed by atoms with E-state index in [0.29, 0.717) is 53.7 Å². The fourth-order valence-corrected chi connectivity index (χ4v) is 3.66. The van der Waals surface area contributed by atoms with Crippen LogP contribution in [0.25, 0.3) is 11.4 Å². The zero-order chi connectivity index (χ0) is 24.1. The molecular weight excluding hydrogens is 419 g/mol. The van der Waals surface area contributed by atoms with E-state index in [1.807, 2.05) is 19.1 Å². The van der Waals surface area contributed by atoms with E-state index >= 15 is 0 Å². The first-order chi connectivity index (χ1) is 15.7. The molecule has 0 aliphatic heterocycles. The Morgan fingerprint density at radius 1 is 1.09 bits per heavy atom. The number of hydrogen-bond acceptors (Lipinski definition) is 4. The smallest absolute Gasteiger partial charge is 0.313 e. The van der Waals surface area contributed by atoms with Crippen LogP contribution in [0.2, 0.25) is 0 Å². The normalized spacial score (nSPS) is 11.3. The minimum absolute atomic E-state index is 0.118. The summed E-state index contributed by atoms with van der Waals surface area (Å²) in [6, 6.07) is 13.5. The highest BCUT2D eigenvalue weighted by Crippen LogP contribution is 2.29. The molecule has 0 radical (unpaired) electrons. The van der Waals surface area contributed by atoms with Gasteiger partial charge in [-0.25, -0.2) is 9.37 Å². The number of rotatable bonds is 8. The van der Waals surface area contributed by atoms with Gasteiger partial charge in [0.25, 0.3) is 5.56 Å². The number of aryl methyl sites for hydroxylation is 2. The second kappa shape index (κ2) is 10.6. The van der Waals surface area contributed by atoms with Crippen molar-refractivity contribution in [2.45, 2.75) is 54.0 Å². The number of carbonyl (C=O) groups is 1. The average Bonchev–Trinajstić information content (AvgIpc) is 2.76. The van der Waals surface area contributed by atoms with E-state index in [1.54, 1.807) is 42.7 Å². The fourth-order valence-electron chi connectivity index (χ4n) is 3.66. The number of carbonyl (C=O) groups excluding carboxylic acids is 1. The molecule has 0 bridgehead atoms. The molecule has 0 amide bonds. The third kappa shape index (κ3) is 5.95. The molecule has 1 aromatic heterocycles. The summed E-state index contributed by atoms with van der Waals surface area (Å²) in [6.45, 7) is 9.81. The molecule has 1 heterocycles. The van der Waals surface area contributed by atoms with E-state index in [-0.39, 0.29) is 23.3 Å². The van der Waals surface area contributed by atoms with Crippen molar-refractivity contribution in [2.75, 3.05) is 0 Å². The minimum atomic E-state index is -0.357. The van der Waals surface area contributed by atoms with Gasteiger partial charge in [-0.05, 0) is 55.5 Å². The summed E-state index contributed by atoms with van der Waals surface area (Å²) in [5, 5.41) is 0. The van der Waals surface area contributed by atoms with Crippen LogP contribution >= 0.6 is 0 Å². The second-order valence-corrected chi connectivity index (χ2v) is 9.01. The van der Waals surface area contributed by atoms with E-state index in [9.17, 15) is 14.0 Å². The number of benzene rings is 2. The van der Waals surface area contributed by atoms with Gasteiger partial charge in [-0.2, -0.15) is 0 Å². The summed E-state index contributed by atoms with van der Waals surface area (Å²) in [5.74, 6) is 0.126. The monoisotopic (exact) mass is 450 g/mol. The summed E-state index contributed by atoms with van der Waals surface area (Å²) in [5.41, 5.74) is 2.58. The number of hydrogen-bond donors (Lipinski definition) is 0. The number of halogens is 1. The summed E-state index contributed by atoms with van der Waals surface area (Å²) >= 11 is 0. The summed E-state index contributed by atoms with van der Waals surface area (Å²) < 4.78 is 20.9. The molecule has 0 N–H and O–H groups in total. The molecule has 33 heavy (non-hydrogen) atoms. The Kier molecular flexibility index (Phi) is 7.79. The molecule has 0 atom stereocenters. The molecule has 0 aliphatic rings. The number of aromatic nitrogens is 2. The zero-order valence-electron chi connectivity index (χ0n) is 19.9. The molecule has 0 spiro atoms. The van der Waals surface area contributed by atoms with Crippen LogP contribution in [0.15, 0.2) is 53.3 Å². The first-order valence-electron chi connectivity index (χ1n) is 11.3. The van der Waals surface area contributed by atoms with Gasteiger partial charge in [-0.1, -0.05) is 52.0 Å². The van der Waals surface area contributed by atoms with Crippen LogP contribution in [0.4, 0.5) is 4.39 Å². The molecule has 0 fully saturated rings. The van der Waals surface area contributed by atoms with Crippen LogP contribution < -0.4 is 10.3 Å². The van der Waals surface area contributed by atoms with E-state index < -0.39 is 0 Å². The molecule has 2 aromatic carbocycles. The summed E-state index contributed by atoms with van der Waals surface area (Å²) in [7, 11) is 0. The lowest BCUT2D eigenvalue weighted by atomic mass is 10.0. The van der Waals surface area contributed by atoms with E-state index in [1.165, 1.54) is 12.1 Å². The van der Waals surface area contributed by atoms with Gasteiger partial charge in [-0.15, -0.1) is 0 Å². The van der Waals surface area contributed by atoms with Gasteiger partial charge >= 0.3 is 5.97 Å². The van der Waals surface area contributed by atoms with E-state index in [2.05, 4.69) is 13.8 Å². The predicted molar refractivity (Wildman–Crippen MR) is 128 cm³/mol.